The molecule has 1 aromatic carbocycles. The van der Waals surface area contributed by atoms with Gasteiger partial charge in [-0.05, 0) is 18.2 Å². The van der Waals surface area contributed by atoms with Crippen LogP contribution in [0, 0.1) is 0 Å². The molecule has 1 aromatic heterocycles. The Bertz CT molecular complexity index is 637. The maximum absolute atomic E-state index is 10.6. The van der Waals surface area contributed by atoms with Crippen molar-refractivity contribution in [1.29, 1.82) is 0 Å². The van der Waals surface area contributed by atoms with Gasteiger partial charge in [0.1, 0.15) is 5.82 Å². The Labute approximate surface area is 127 Å². The van der Waals surface area contributed by atoms with E-state index in [1.54, 1.807) is 24.3 Å². The number of hydrogen-bond acceptors (Lipinski definition) is 6. The molecular weight excluding hydrogens is 292 g/mol. The largest absolute Gasteiger partial charge is 0.465 e. The number of carboxylic acid groups (broad SMARTS) is 1. The van der Waals surface area contributed by atoms with Crippen molar-refractivity contribution in [1.82, 2.24) is 9.97 Å². The molecular formula is C13H16N4O3S. The third-order valence-corrected chi connectivity index (χ3v) is 2.61. The third kappa shape index (κ3) is 4.62. The lowest BCUT2D eigenvalue weighted by molar-refractivity contribution is 0.210. The Balaban J connectivity index is 0.00000220. The van der Waals surface area contributed by atoms with Gasteiger partial charge in [-0.15, -0.1) is 12.6 Å². The van der Waals surface area contributed by atoms with Crippen LogP contribution in [0.15, 0.2) is 35.6 Å². The van der Waals surface area contributed by atoms with Gasteiger partial charge in [0.25, 0.3) is 0 Å². The first-order valence-corrected chi connectivity index (χ1v) is 6.06. The van der Waals surface area contributed by atoms with Crippen molar-refractivity contribution in [3.05, 3.63) is 36.0 Å². The standard InChI is InChI=1S/C12H12N4O3S.CH4/c17-6-7-5-13-11(20)16-10(7)14-8-2-1-3-9(4-8)15-12(18)19;/h1-5,15,17H,6H2,(H,18,19)(H2,13,14,16,20);1H4. The van der Waals surface area contributed by atoms with E-state index >= 15 is 0 Å². The summed E-state index contributed by atoms with van der Waals surface area (Å²) in [7, 11) is 0. The highest BCUT2D eigenvalue weighted by Crippen LogP contribution is 2.22. The van der Waals surface area contributed by atoms with E-state index in [0.717, 1.165) is 0 Å². The zero-order valence-electron chi connectivity index (χ0n) is 10.2. The molecule has 7 nitrogen and oxygen atoms in total. The first-order chi connectivity index (χ1) is 9.58. The van der Waals surface area contributed by atoms with Crippen LogP contribution in [-0.2, 0) is 6.61 Å². The van der Waals surface area contributed by atoms with Crippen molar-refractivity contribution in [3.8, 4) is 0 Å². The minimum atomic E-state index is -1.14. The number of aromatic nitrogens is 2. The molecule has 0 bridgehead atoms. The van der Waals surface area contributed by atoms with E-state index in [4.69, 9.17) is 5.11 Å². The summed E-state index contributed by atoms with van der Waals surface area (Å²) in [4.78, 5) is 18.5. The number of amides is 1. The van der Waals surface area contributed by atoms with Crippen LogP contribution >= 0.6 is 12.6 Å². The summed E-state index contributed by atoms with van der Waals surface area (Å²) in [6.45, 7) is -0.219. The zero-order valence-corrected chi connectivity index (χ0v) is 11.1. The average Bonchev–Trinajstić information content (AvgIpc) is 2.38. The van der Waals surface area contributed by atoms with E-state index in [1.165, 1.54) is 6.20 Å². The number of rotatable bonds is 4. The normalized spacial score (nSPS) is 9.62. The molecule has 0 saturated carbocycles. The van der Waals surface area contributed by atoms with E-state index < -0.39 is 6.09 Å². The van der Waals surface area contributed by atoms with Crippen LogP contribution < -0.4 is 10.6 Å². The maximum Gasteiger partial charge on any atom is 0.409 e. The Hall–Kier alpha value is -2.32. The van der Waals surface area contributed by atoms with Crippen LogP contribution in [0.25, 0.3) is 0 Å². The van der Waals surface area contributed by atoms with Crippen LogP contribution in [0.3, 0.4) is 0 Å². The molecule has 0 aliphatic heterocycles. The number of aliphatic hydroxyl groups is 1. The molecule has 0 unspecified atom stereocenters. The monoisotopic (exact) mass is 308 g/mol. The summed E-state index contributed by atoms with van der Waals surface area (Å²) in [5, 5.41) is 23.4. The molecule has 1 heterocycles. The number of hydrogen-bond donors (Lipinski definition) is 5. The van der Waals surface area contributed by atoms with Crippen LogP contribution in [0.5, 0.6) is 0 Å². The van der Waals surface area contributed by atoms with Gasteiger partial charge in [-0.3, -0.25) is 5.32 Å². The lowest BCUT2D eigenvalue weighted by atomic mass is 10.2. The van der Waals surface area contributed by atoms with Gasteiger partial charge in [0.05, 0.1) is 6.61 Å². The fourth-order valence-electron chi connectivity index (χ4n) is 1.56. The SMILES string of the molecule is C.O=C(O)Nc1cccc(Nc2nc(S)ncc2CO)c1. The smallest absolute Gasteiger partial charge is 0.409 e. The van der Waals surface area contributed by atoms with Crippen molar-refractivity contribution in [2.24, 2.45) is 0 Å². The van der Waals surface area contributed by atoms with Gasteiger partial charge in [-0.1, -0.05) is 13.5 Å². The summed E-state index contributed by atoms with van der Waals surface area (Å²) in [5.41, 5.74) is 1.56. The van der Waals surface area contributed by atoms with Crippen molar-refractivity contribution in [2.45, 2.75) is 19.2 Å². The number of benzene rings is 1. The van der Waals surface area contributed by atoms with E-state index in [0.29, 0.717) is 22.8 Å². The van der Waals surface area contributed by atoms with E-state index in [2.05, 4.69) is 33.2 Å². The second kappa shape index (κ2) is 7.46. The van der Waals surface area contributed by atoms with Crippen molar-refractivity contribution < 1.29 is 15.0 Å². The second-order valence-electron chi connectivity index (χ2n) is 3.84. The topological polar surface area (TPSA) is 107 Å². The van der Waals surface area contributed by atoms with E-state index in [1.807, 2.05) is 0 Å². The van der Waals surface area contributed by atoms with Gasteiger partial charge >= 0.3 is 6.09 Å². The molecule has 0 aliphatic carbocycles. The highest BCUT2D eigenvalue weighted by atomic mass is 32.1. The van der Waals surface area contributed by atoms with Crippen LogP contribution in [0.2, 0.25) is 0 Å². The number of nitrogens with zero attached hydrogens (tertiary/aromatic N) is 2. The first kappa shape index (κ1) is 16.7. The van der Waals surface area contributed by atoms with E-state index in [9.17, 15) is 9.90 Å². The fraction of sp³-hybridized carbons (Fsp3) is 0.154. The molecule has 0 aliphatic rings. The molecule has 112 valence electrons. The average molecular weight is 308 g/mol. The lowest BCUT2D eigenvalue weighted by Gasteiger charge is -2.10. The minimum absolute atomic E-state index is 0. The summed E-state index contributed by atoms with van der Waals surface area (Å²) in [6, 6.07) is 6.66. The summed E-state index contributed by atoms with van der Waals surface area (Å²) < 4.78 is 0. The van der Waals surface area contributed by atoms with Gasteiger partial charge in [0.2, 0.25) is 0 Å². The van der Waals surface area contributed by atoms with Crippen LogP contribution in [0.1, 0.15) is 13.0 Å². The molecule has 0 atom stereocenters. The van der Waals surface area contributed by atoms with Crippen LogP contribution in [0.4, 0.5) is 22.0 Å². The Morgan fingerprint density at radius 2 is 2.05 bits per heavy atom. The van der Waals surface area contributed by atoms with E-state index in [-0.39, 0.29) is 19.2 Å². The Kier molecular flexibility index (Phi) is 5.94. The molecule has 2 rings (SSSR count). The van der Waals surface area contributed by atoms with Gasteiger partial charge in [0.15, 0.2) is 5.16 Å². The molecule has 1 amide bonds. The summed E-state index contributed by atoms with van der Waals surface area (Å²) in [5.74, 6) is 0.417. The summed E-state index contributed by atoms with van der Waals surface area (Å²) >= 11 is 4.04. The molecule has 21 heavy (non-hydrogen) atoms. The molecule has 0 fully saturated rings. The second-order valence-corrected chi connectivity index (χ2v) is 4.24. The van der Waals surface area contributed by atoms with Crippen molar-refractivity contribution in [2.75, 3.05) is 10.6 Å². The molecule has 8 heteroatoms. The van der Waals surface area contributed by atoms with Crippen LogP contribution in [-0.4, -0.2) is 26.3 Å². The third-order valence-electron chi connectivity index (χ3n) is 2.40. The molecule has 2 aromatic rings. The quantitative estimate of drug-likeness (QED) is 0.439. The first-order valence-electron chi connectivity index (χ1n) is 5.61. The lowest BCUT2D eigenvalue weighted by Crippen LogP contribution is -2.07. The number of anilines is 3. The molecule has 0 saturated heterocycles. The minimum Gasteiger partial charge on any atom is -0.465 e. The molecule has 0 spiro atoms. The zero-order chi connectivity index (χ0) is 14.5. The number of nitrogens with one attached hydrogen (secondary N) is 2. The van der Waals surface area contributed by atoms with Gasteiger partial charge in [-0.2, -0.15) is 0 Å². The van der Waals surface area contributed by atoms with Gasteiger partial charge in [0, 0.05) is 23.1 Å². The van der Waals surface area contributed by atoms with Gasteiger partial charge < -0.3 is 15.5 Å². The fourth-order valence-corrected chi connectivity index (χ4v) is 1.71. The maximum atomic E-state index is 10.6. The summed E-state index contributed by atoms with van der Waals surface area (Å²) in [6.07, 6.45) is 0.328. The van der Waals surface area contributed by atoms with Crippen molar-refractivity contribution in [3.63, 3.8) is 0 Å². The highest BCUT2D eigenvalue weighted by molar-refractivity contribution is 7.80. The number of thiol groups is 1. The van der Waals surface area contributed by atoms with Gasteiger partial charge in [-0.25, -0.2) is 14.8 Å². The Morgan fingerprint density at radius 1 is 1.33 bits per heavy atom. The predicted molar refractivity (Wildman–Crippen MR) is 83.3 cm³/mol. The Morgan fingerprint density at radius 3 is 2.71 bits per heavy atom. The number of carbonyl (C=O) groups is 1. The highest BCUT2D eigenvalue weighted by Gasteiger charge is 2.06. The van der Waals surface area contributed by atoms with Crippen molar-refractivity contribution >= 4 is 35.9 Å². The molecule has 4 N–H and O–H groups in total. The number of aliphatic hydroxyl groups excluding tert-OH is 1. The predicted octanol–water partition coefficient (Wildman–Crippen LogP) is 2.73. The molecule has 0 radical (unpaired) electrons.